The monoisotopic (exact) mass is 250 g/mol. The minimum atomic E-state index is -0.357. The Labute approximate surface area is 106 Å². The molecular weight excluding hydrogens is 232 g/mol. The van der Waals surface area contributed by atoms with E-state index in [-0.39, 0.29) is 18.6 Å². The first-order valence-electron chi connectivity index (χ1n) is 6.27. The summed E-state index contributed by atoms with van der Waals surface area (Å²) in [6.45, 7) is 3.02. The van der Waals surface area contributed by atoms with Gasteiger partial charge in [-0.15, -0.1) is 0 Å². The summed E-state index contributed by atoms with van der Waals surface area (Å²) in [5.41, 5.74) is 0.472. The van der Waals surface area contributed by atoms with Crippen LogP contribution in [0.25, 0.3) is 0 Å². The maximum Gasteiger partial charge on any atom is 0.341 e. The summed E-state index contributed by atoms with van der Waals surface area (Å²) in [7, 11) is 0. The first-order chi connectivity index (χ1) is 8.77. The van der Waals surface area contributed by atoms with Gasteiger partial charge >= 0.3 is 5.97 Å². The van der Waals surface area contributed by atoms with Crippen molar-refractivity contribution in [1.29, 1.82) is 0 Å². The largest absolute Gasteiger partial charge is 0.462 e. The molecule has 18 heavy (non-hydrogen) atoms. The standard InChI is InChI=1S/C13H18N2O3/c1-2-18-13(17)11-6-3-7-14-12(11)15-8-4-5-10(15)9-16/h3,6-7,10,16H,2,4-5,8-9H2,1H3. The molecule has 1 unspecified atom stereocenters. The Hall–Kier alpha value is -1.62. The number of esters is 1. The minimum Gasteiger partial charge on any atom is -0.462 e. The lowest BCUT2D eigenvalue weighted by Crippen LogP contribution is -2.34. The van der Waals surface area contributed by atoms with Crippen LogP contribution in [-0.2, 0) is 4.74 Å². The lowest BCUT2D eigenvalue weighted by atomic mass is 10.2. The second kappa shape index (κ2) is 5.82. The Bertz CT molecular complexity index is 422. The summed E-state index contributed by atoms with van der Waals surface area (Å²) in [4.78, 5) is 18.1. The van der Waals surface area contributed by atoms with Crippen molar-refractivity contribution < 1.29 is 14.6 Å². The van der Waals surface area contributed by atoms with E-state index >= 15 is 0 Å². The number of hydrogen-bond acceptors (Lipinski definition) is 5. The molecule has 1 fully saturated rings. The fourth-order valence-corrected chi connectivity index (χ4v) is 2.30. The number of aromatic nitrogens is 1. The van der Waals surface area contributed by atoms with Crippen molar-refractivity contribution >= 4 is 11.8 Å². The highest BCUT2D eigenvalue weighted by Gasteiger charge is 2.28. The zero-order valence-electron chi connectivity index (χ0n) is 10.5. The number of hydrogen-bond donors (Lipinski definition) is 1. The van der Waals surface area contributed by atoms with Gasteiger partial charge in [-0.25, -0.2) is 9.78 Å². The van der Waals surface area contributed by atoms with Crippen LogP contribution in [0.2, 0.25) is 0 Å². The molecule has 5 heteroatoms. The van der Waals surface area contributed by atoms with Gasteiger partial charge in [0.25, 0.3) is 0 Å². The SMILES string of the molecule is CCOC(=O)c1cccnc1N1CCCC1CO. The highest BCUT2D eigenvalue weighted by Crippen LogP contribution is 2.26. The van der Waals surface area contributed by atoms with Crippen molar-refractivity contribution in [2.24, 2.45) is 0 Å². The van der Waals surface area contributed by atoms with E-state index in [1.165, 1.54) is 0 Å². The van der Waals surface area contributed by atoms with Crippen molar-refractivity contribution in [3.05, 3.63) is 23.9 Å². The third kappa shape index (κ3) is 2.46. The van der Waals surface area contributed by atoms with Crippen LogP contribution in [-0.4, -0.2) is 41.9 Å². The van der Waals surface area contributed by atoms with Crippen molar-refractivity contribution in [1.82, 2.24) is 4.98 Å². The molecule has 0 aliphatic carbocycles. The van der Waals surface area contributed by atoms with E-state index in [0.29, 0.717) is 18.0 Å². The maximum absolute atomic E-state index is 11.9. The molecule has 1 aliphatic rings. The quantitative estimate of drug-likeness (QED) is 0.814. The summed E-state index contributed by atoms with van der Waals surface area (Å²) in [5, 5.41) is 9.34. The molecule has 0 bridgehead atoms. The third-order valence-corrected chi connectivity index (χ3v) is 3.14. The van der Waals surface area contributed by atoms with E-state index in [4.69, 9.17) is 4.74 Å². The molecule has 2 heterocycles. The highest BCUT2D eigenvalue weighted by molar-refractivity contribution is 5.94. The molecule has 0 spiro atoms. The van der Waals surface area contributed by atoms with Crippen LogP contribution in [0.3, 0.4) is 0 Å². The summed E-state index contributed by atoms with van der Waals surface area (Å²) >= 11 is 0. The fourth-order valence-electron chi connectivity index (χ4n) is 2.30. The zero-order chi connectivity index (χ0) is 13.0. The van der Waals surface area contributed by atoms with Gasteiger partial charge in [0.2, 0.25) is 0 Å². The summed E-state index contributed by atoms with van der Waals surface area (Å²) in [5.74, 6) is 0.261. The van der Waals surface area contributed by atoms with Gasteiger partial charge in [-0.3, -0.25) is 0 Å². The molecule has 1 aromatic rings. The molecule has 0 saturated carbocycles. The zero-order valence-corrected chi connectivity index (χ0v) is 10.5. The number of carbonyl (C=O) groups excluding carboxylic acids is 1. The normalized spacial score (nSPS) is 19.0. The number of ether oxygens (including phenoxy) is 1. The lowest BCUT2D eigenvalue weighted by molar-refractivity contribution is 0.0526. The maximum atomic E-state index is 11.9. The molecule has 5 nitrogen and oxygen atoms in total. The number of pyridine rings is 1. The minimum absolute atomic E-state index is 0.0491. The Morgan fingerprint density at radius 2 is 2.50 bits per heavy atom. The van der Waals surface area contributed by atoms with Crippen LogP contribution in [0.4, 0.5) is 5.82 Å². The second-order valence-corrected chi connectivity index (χ2v) is 4.27. The Morgan fingerprint density at radius 1 is 1.67 bits per heavy atom. The van der Waals surface area contributed by atoms with Crippen molar-refractivity contribution in [2.75, 3.05) is 24.7 Å². The Morgan fingerprint density at radius 3 is 3.22 bits per heavy atom. The molecule has 1 aliphatic heterocycles. The van der Waals surface area contributed by atoms with Crippen LogP contribution < -0.4 is 4.90 Å². The van der Waals surface area contributed by atoms with Gasteiger partial charge < -0.3 is 14.7 Å². The number of carbonyl (C=O) groups is 1. The van der Waals surface area contributed by atoms with Crippen molar-refractivity contribution in [3.63, 3.8) is 0 Å². The van der Waals surface area contributed by atoms with Gasteiger partial charge in [0.05, 0.1) is 19.3 Å². The van der Waals surface area contributed by atoms with Crippen molar-refractivity contribution in [3.8, 4) is 0 Å². The third-order valence-electron chi connectivity index (χ3n) is 3.14. The molecule has 0 amide bonds. The number of aliphatic hydroxyl groups is 1. The van der Waals surface area contributed by atoms with Gasteiger partial charge in [0.1, 0.15) is 11.4 Å². The predicted molar refractivity (Wildman–Crippen MR) is 67.6 cm³/mol. The first-order valence-corrected chi connectivity index (χ1v) is 6.27. The molecule has 0 radical (unpaired) electrons. The number of aliphatic hydroxyl groups excluding tert-OH is 1. The molecule has 0 aromatic carbocycles. The number of anilines is 1. The van der Waals surface area contributed by atoms with Crippen LogP contribution in [0, 0.1) is 0 Å². The fraction of sp³-hybridized carbons (Fsp3) is 0.538. The van der Waals surface area contributed by atoms with E-state index in [9.17, 15) is 9.90 Å². The Balaban J connectivity index is 2.29. The van der Waals surface area contributed by atoms with Gasteiger partial charge in [-0.1, -0.05) is 0 Å². The van der Waals surface area contributed by atoms with E-state index < -0.39 is 0 Å². The van der Waals surface area contributed by atoms with Gasteiger partial charge in [0, 0.05) is 12.7 Å². The molecule has 1 N–H and O–H groups in total. The van der Waals surface area contributed by atoms with E-state index in [2.05, 4.69) is 4.98 Å². The average molecular weight is 250 g/mol. The molecular formula is C13H18N2O3. The first kappa shape index (κ1) is 12.8. The highest BCUT2D eigenvalue weighted by atomic mass is 16.5. The predicted octanol–water partition coefficient (Wildman–Crippen LogP) is 1.22. The van der Waals surface area contributed by atoms with E-state index in [0.717, 1.165) is 19.4 Å². The van der Waals surface area contributed by atoms with Crippen molar-refractivity contribution in [2.45, 2.75) is 25.8 Å². The van der Waals surface area contributed by atoms with Crippen LogP contribution >= 0.6 is 0 Å². The van der Waals surface area contributed by atoms with E-state index in [1.54, 1.807) is 25.3 Å². The molecule has 98 valence electrons. The average Bonchev–Trinajstić information content (AvgIpc) is 2.87. The lowest BCUT2D eigenvalue weighted by Gasteiger charge is -2.25. The van der Waals surface area contributed by atoms with Crippen LogP contribution in [0.5, 0.6) is 0 Å². The van der Waals surface area contributed by atoms with Gasteiger partial charge in [0.15, 0.2) is 0 Å². The number of nitrogens with zero attached hydrogens (tertiary/aromatic N) is 2. The topological polar surface area (TPSA) is 62.7 Å². The summed E-state index contributed by atoms with van der Waals surface area (Å²) < 4.78 is 5.03. The second-order valence-electron chi connectivity index (χ2n) is 4.27. The molecule has 1 atom stereocenters. The molecule has 2 rings (SSSR count). The number of rotatable bonds is 4. The summed E-state index contributed by atoms with van der Waals surface area (Å²) in [6.07, 6.45) is 3.59. The smallest absolute Gasteiger partial charge is 0.341 e. The molecule has 1 aromatic heterocycles. The molecule has 1 saturated heterocycles. The van der Waals surface area contributed by atoms with Crippen LogP contribution in [0.15, 0.2) is 18.3 Å². The van der Waals surface area contributed by atoms with Gasteiger partial charge in [-0.05, 0) is 31.9 Å². The van der Waals surface area contributed by atoms with E-state index in [1.807, 2.05) is 4.90 Å². The van der Waals surface area contributed by atoms with Crippen LogP contribution in [0.1, 0.15) is 30.1 Å². The Kier molecular flexibility index (Phi) is 4.15. The van der Waals surface area contributed by atoms with Gasteiger partial charge in [-0.2, -0.15) is 0 Å². The summed E-state index contributed by atoms with van der Waals surface area (Å²) in [6, 6.07) is 3.49.